The highest BCUT2D eigenvalue weighted by molar-refractivity contribution is 9.09. The Morgan fingerprint density at radius 3 is 2.29 bits per heavy atom. The number of alkyl halides is 1. The molecule has 1 fully saturated rings. The van der Waals surface area contributed by atoms with E-state index in [1.165, 1.54) is 25.9 Å². The normalized spacial score (nSPS) is 18.2. The zero-order valence-corrected chi connectivity index (χ0v) is 11.6. The fourth-order valence-electron chi connectivity index (χ4n) is 1.68. The van der Waals surface area contributed by atoms with E-state index in [0.29, 0.717) is 11.5 Å². The summed E-state index contributed by atoms with van der Waals surface area (Å²) in [6.45, 7) is 11.8. The van der Waals surface area contributed by atoms with E-state index in [1.807, 2.05) is 0 Å². The van der Waals surface area contributed by atoms with E-state index in [9.17, 15) is 0 Å². The van der Waals surface area contributed by atoms with Gasteiger partial charge in [0.15, 0.2) is 0 Å². The second kappa shape index (κ2) is 4.98. The molecule has 0 unspecified atom stereocenters. The van der Waals surface area contributed by atoms with Crippen molar-refractivity contribution >= 4 is 15.9 Å². The minimum atomic E-state index is 0.402. The van der Waals surface area contributed by atoms with Gasteiger partial charge in [-0.15, -0.1) is 0 Å². The molecule has 0 bridgehead atoms. The quantitative estimate of drug-likeness (QED) is 0.662. The first-order valence-corrected chi connectivity index (χ1v) is 6.87. The summed E-state index contributed by atoms with van der Waals surface area (Å²) in [6.07, 6.45) is 2.91. The summed E-state index contributed by atoms with van der Waals surface area (Å²) in [6, 6.07) is 0.689. The van der Waals surface area contributed by atoms with Gasteiger partial charge in [0, 0.05) is 24.5 Å². The topological polar surface area (TPSA) is 3.24 Å². The molecule has 0 aromatic rings. The van der Waals surface area contributed by atoms with Gasteiger partial charge in [-0.05, 0) is 38.0 Å². The predicted octanol–water partition coefficient (Wildman–Crippen LogP) is 3.53. The Hall–Kier alpha value is 0.440. The van der Waals surface area contributed by atoms with Gasteiger partial charge in [0.25, 0.3) is 0 Å². The van der Waals surface area contributed by atoms with Crippen LogP contribution in [0.5, 0.6) is 0 Å². The summed E-state index contributed by atoms with van der Waals surface area (Å²) in [5, 5.41) is 1.09. The Kier molecular flexibility index (Phi) is 4.45. The second-order valence-electron chi connectivity index (χ2n) is 5.76. The molecule has 0 spiro atoms. The number of nitrogens with zero attached hydrogens (tertiary/aromatic N) is 1. The molecule has 0 N–H and O–H groups in total. The van der Waals surface area contributed by atoms with Crippen molar-refractivity contribution < 1.29 is 0 Å². The van der Waals surface area contributed by atoms with E-state index in [0.717, 1.165) is 11.2 Å². The third-order valence-corrected chi connectivity index (χ3v) is 4.43. The first-order chi connectivity index (χ1) is 6.44. The number of halogens is 1. The molecule has 0 aliphatic heterocycles. The maximum absolute atomic E-state index is 3.60. The van der Waals surface area contributed by atoms with Crippen molar-refractivity contribution in [1.82, 2.24) is 4.90 Å². The van der Waals surface area contributed by atoms with Crippen molar-refractivity contribution in [3.63, 3.8) is 0 Å². The van der Waals surface area contributed by atoms with Crippen LogP contribution in [0.25, 0.3) is 0 Å². The van der Waals surface area contributed by atoms with Crippen LogP contribution < -0.4 is 0 Å². The van der Waals surface area contributed by atoms with Crippen LogP contribution >= 0.6 is 15.9 Å². The van der Waals surface area contributed by atoms with Crippen LogP contribution in [0.4, 0.5) is 0 Å². The third-order valence-electron chi connectivity index (χ3n) is 2.91. The van der Waals surface area contributed by atoms with E-state index in [2.05, 4.69) is 48.5 Å². The van der Waals surface area contributed by atoms with Crippen LogP contribution in [0.2, 0.25) is 0 Å². The van der Waals surface area contributed by atoms with E-state index in [1.54, 1.807) is 0 Å². The van der Waals surface area contributed by atoms with Crippen LogP contribution in [0.1, 0.15) is 40.5 Å². The molecule has 0 heterocycles. The number of rotatable bonds is 6. The fraction of sp³-hybridized carbons (Fsp3) is 1.00. The molecule has 2 heteroatoms. The van der Waals surface area contributed by atoms with E-state index < -0.39 is 0 Å². The average Bonchev–Trinajstić information content (AvgIpc) is 2.86. The molecule has 1 aliphatic carbocycles. The lowest BCUT2D eigenvalue weighted by atomic mass is 9.95. The number of hydrogen-bond acceptors (Lipinski definition) is 1. The Bertz CT molecular complexity index is 173. The van der Waals surface area contributed by atoms with Crippen LogP contribution in [-0.2, 0) is 0 Å². The molecular formula is C12H24BrN. The van der Waals surface area contributed by atoms with Gasteiger partial charge in [-0.3, -0.25) is 0 Å². The molecule has 0 amide bonds. The molecule has 1 aliphatic rings. The minimum absolute atomic E-state index is 0.402. The van der Waals surface area contributed by atoms with Crippen molar-refractivity contribution in [3.05, 3.63) is 0 Å². The van der Waals surface area contributed by atoms with Crippen molar-refractivity contribution in [1.29, 1.82) is 0 Å². The van der Waals surface area contributed by atoms with Crippen molar-refractivity contribution in [3.8, 4) is 0 Å². The fourth-order valence-corrected chi connectivity index (χ4v) is 1.86. The first kappa shape index (κ1) is 12.5. The largest absolute Gasteiger partial charge is 0.300 e. The summed E-state index contributed by atoms with van der Waals surface area (Å²) in [5.41, 5.74) is 0.402. The van der Waals surface area contributed by atoms with Gasteiger partial charge in [-0.25, -0.2) is 0 Å². The Morgan fingerprint density at radius 2 is 1.93 bits per heavy atom. The molecule has 1 rings (SSSR count). The average molecular weight is 262 g/mol. The Morgan fingerprint density at radius 1 is 1.36 bits per heavy atom. The van der Waals surface area contributed by atoms with Crippen LogP contribution in [-0.4, -0.2) is 29.4 Å². The Balaban J connectivity index is 2.41. The van der Waals surface area contributed by atoms with Crippen LogP contribution in [0.3, 0.4) is 0 Å². The standard InChI is InChI=1S/C12H24BrN/c1-10(2)14(7-11-5-6-11)9-12(3,4)8-13/h10-11H,5-9H2,1-4H3. The summed E-state index contributed by atoms with van der Waals surface area (Å²) >= 11 is 3.60. The van der Waals surface area contributed by atoms with Crippen molar-refractivity contribution in [2.24, 2.45) is 11.3 Å². The maximum Gasteiger partial charge on any atom is 0.00949 e. The molecule has 0 atom stereocenters. The Labute approximate surface area is 97.4 Å². The van der Waals surface area contributed by atoms with Gasteiger partial charge in [0.2, 0.25) is 0 Å². The molecule has 84 valence electrons. The van der Waals surface area contributed by atoms with Gasteiger partial charge in [-0.1, -0.05) is 29.8 Å². The lowest BCUT2D eigenvalue weighted by Crippen LogP contribution is -2.40. The third kappa shape index (κ3) is 4.31. The van der Waals surface area contributed by atoms with Gasteiger partial charge < -0.3 is 4.90 Å². The lowest BCUT2D eigenvalue weighted by Gasteiger charge is -2.34. The molecular weight excluding hydrogens is 238 g/mol. The smallest absolute Gasteiger partial charge is 0.00949 e. The summed E-state index contributed by atoms with van der Waals surface area (Å²) < 4.78 is 0. The molecule has 0 saturated heterocycles. The highest BCUT2D eigenvalue weighted by atomic mass is 79.9. The molecule has 14 heavy (non-hydrogen) atoms. The molecule has 0 aromatic carbocycles. The monoisotopic (exact) mass is 261 g/mol. The first-order valence-electron chi connectivity index (χ1n) is 5.74. The zero-order valence-electron chi connectivity index (χ0n) is 10.0. The second-order valence-corrected chi connectivity index (χ2v) is 6.33. The highest BCUT2D eigenvalue weighted by Crippen LogP contribution is 2.31. The van der Waals surface area contributed by atoms with Crippen molar-refractivity contribution in [2.45, 2.75) is 46.6 Å². The van der Waals surface area contributed by atoms with Crippen molar-refractivity contribution in [2.75, 3.05) is 18.4 Å². The summed E-state index contributed by atoms with van der Waals surface area (Å²) in [4.78, 5) is 2.64. The summed E-state index contributed by atoms with van der Waals surface area (Å²) in [7, 11) is 0. The maximum atomic E-state index is 3.60. The number of hydrogen-bond donors (Lipinski definition) is 0. The predicted molar refractivity (Wildman–Crippen MR) is 67.0 cm³/mol. The van der Waals surface area contributed by atoms with Gasteiger partial charge in [-0.2, -0.15) is 0 Å². The highest BCUT2D eigenvalue weighted by Gasteiger charge is 2.28. The SMILES string of the molecule is CC(C)N(CC1CC1)CC(C)(C)CBr. The lowest BCUT2D eigenvalue weighted by molar-refractivity contribution is 0.152. The van der Waals surface area contributed by atoms with Crippen LogP contribution in [0.15, 0.2) is 0 Å². The molecule has 1 nitrogen and oxygen atoms in total. The van der Waals surface area contributed by atoms with Gasteiger partial charge >= 0.3 is 0 Å². The minimum Gasteiger partial charge on any atom is -0.300 e. The molecule has 0 aromatic heterocycles. The molecule has 0 radical (unpaired) electrons. The summed E-state index contributed by atoms with van der Waals surface area (Å²) in [5.74, 6) is 1.00. The van der Waals surface area contributed by atoms with Gasteiger partial charge in [0.05, 0.1) is 0 Å². The molecule has 1 saturated carbocycles. The zero-order chi connectivity index (χ0) is 10.8. The van der Waals surface area contributed by atoms with E-state index in [-0.39, 0.29) is 0 Å². The van der Waals surface area contributed by atoms with Crippen LogP contribution in [0, 0.1) is 11.3 Å². The van der Waals surface area contributed by atoms with E-state index >= 15 is 0 Å². The van der Waals surface area contributed by atoms with Gasteiger partial charge in [0.1, 0.15) is 0 Å². The van der Waals surface area contributed by atoms with E-state index in [4.69, 9.17) is 0 Å².